The Labute approximate surface area is 166 Å². The van der Waals surface area contributed by atoms with E-state index in [1.54, 1.807) is 0 Å². The van der Waals surface area contributed by atoms with Crippen molar-refractivity contribution in [2.75, 3.05) is 0 Å². The monoisotopic (exact) mass is 412 g/mol. The van der Waals surface area contributed by atoms with Gasteiger partial charge in [-0.3, -0.25) is 0 Å². The molecule has 2 aliphatic carbocycles. The molecule has 138 valence electrons. The van der Waals surface area contributed by atoms with Crippen LogP contribution in [0.25, 0.3) is 0 Å². The number of aryl methyl sites for hydroxylation is 1. The summed E-state index contributed by atoms with van der Waals surface area (Å²) in [6, 6.07) is 15.1. The molecular formula is C24H29BrO. The average molecular weight is 413 g/mol. The zero-order valence-electron chi connectivity index (χ0n) is 16.1. The molecule has 0 amide bonds. The summed E-state index contributed by atoms with van der Waals surface area (Å²) in [5.41, 5.74) is 4.97. The van der Waals surface area contributed by atoms with E-state index >= 15 is 0 Å². The summed E-state index contributed by atoms with van der Waals surface area (Å²) < 4.78 is 7.31. The molecule has 1 fully saturated rings. The molecule has 26 heavy (non-hydrogen) atoms. The predicted molar refractivity (Wildman–Crippen MR) is 112 cm³/mol. The number of fused-ring (bicyclic) bond motifs is 3. The lowest BCUT2D eigenvalue weighted by Crippen LogP contribution is -2.47. The van der Waals surface area contributed by atoms with Crippen molar-refractivity contribution in [2.45, 2.75) is 64.9 Å². The minimum absolute atomic E-state index is 0.279. The second kappa shape index (κ2) is 6.71. The smallest absolute Gasteiger partial charge is 0.134 e. The van der Waals surface area contributed by atoms with Gasteiger partial charge in [0.25, 0.3) is 0 Å². The number of ether oxygens (including phenoxy) is 1. The van der Waals surface area contributed by atoms with Crippen LogP contribution in [0.15, 0.2) is 46.9 Å². The standard InChI is InChI=1S/C24H29BrO/c1-23(2)12-7-13-24(3)19-15-21(26-16-17-8-5-4-6-9-17)20(25)14-18(19)10-11-22(23)24/h4-6,8-9,14-15,22H,7,10-13,16H2,1-3H3/t22-,24+/m1/s1. The van der Waals surface area contributed by atoms with Crippen LogP contribution in [0, 0.1) is 11.3 Å². The molecule has 0 aliphatic heterocycles. The Morgan fingerprint density at radius 2 is 1.85 bits per heavy atom. The summed E-state index contributed by atoms with van der Waals surface area (Å²) >= 11 is 3.75. The molecule has 2 aliphatic rings. The average Bonchev–Trinajstić information content (AvgIpc) is 2.60. The maximum absolute atomic E-state index is 6.22. The second-order valence-corrected chi connectivity index (χ2v) is 9.92. The van der Waals surface area contributed by atoms with Crippen molar-refractivity contribution >= 4 is 15.9 Å². The Balaban J connectivity index is 1.67. The summed E-state index contributed by atoms with van der Waals surface area (Å²) in [5, 5.41) is 0. The Kier molecular flexibility index (Phi) is 4.67. The van der Waals surface area contributed by atoms with Gasteiger partial charge < -0.3 is 4.74 Å². The summed E-state index contributed by atoms with van der Waals surface area (Å²) in [4.78, 5) is 0. The normalized spacial score (nSPS) is 26.7. The van der Waals surface area contributed by atoms with Crippen LogP contribution in [0.4, 0.5) is 0 Å². The maximum Gasteiger partial charge on any atom is 0.134 e. The van der Waals surface area contributed by atoms with Gasteiger partial charge in [-0.05, 0) is 87.2 Å². The third-order valence-corrected chi connectivity index (χ3v) is 7.56. The molecule has 0 unspecified atom stereocenters. The molecule has 2 atom stereocenters. The molecule has 1 saturated carbocycles. The summed E-state index contributed by atoms with van der Waals surface area (Å²) in [5.74, 6) is 1.75. The Morgan fingerprint density at radius 3 is 2.62 bits per heavy atom. The van der Waals surface area contributed by atoms with Gasteiger partial charge in [0.05, 0.1) is 4.47 Å². The molecule has 0 aromatic heterocycles. The van der Waals surface area contributed by atoms with Crippen molar-refractivity contribution in [2.24, 2.45) is 11.3 Å². The fraction of sp³-hybridized carbons (Fsp3) is 0.500. The van der Waals surface area contributed by atoms with Crippen LogP contribution in [0.2, 0.25) is 0 Å². The molecule has 0 saturated heterocycles. The van der Waals surface area contributed by atoms with Gasteiger partial charge in [-0.25, -0.2) is 0 Å². The Morgan fingerprint density at radius 1 is 1.08 bits per heavy atom. The lowest BCUT2D eigenvalue weighted by Gasteiger charge is -2.54. The molecule has 2 aromatic carbocycles. The van der Waals surface area contributed by atoms with Gasteiger partial charge in [-0.15, -0.1) is 0 Å². The molecule has 0 N–H and O–H groups in total. The van der Waals surface area contributed by atoms with Crippen molar-refractivity contribution in [1.29, 1.82) is 0 Å². The molecule has 0 bridgehead atoms. The number of hydrogen-bond acceptors (Lipinski definition) is 1. The van der Waals surface area contributed by atoms with E-state index in [0.29, 0.717) is 12.0 Å². The number of benzene rings is 2. The largest absolute Gasteiger partial charge is 0.488 e. The van der Waals surface area contributed by atoms with Crippen LogP contribution in [-0.2, 0) is 18.4 Å². The highest BCUT2D eigenvalue weighted by Crippen LogP contribution is 2.57. The minimum Gasteiger partial charge on any atom is -0.488 e. The van der Waals surface area contributed by atoms with E-state index in [2.05, 4.69) is 73.1 Å². The van der Waals surface area contributed by atoms with Crippen molar-refractivity contribution in [1.82, 2.24) is 0 Å². The molecule has 4 rings (SSSR count). The van der Waals surface area contributed by atoms with Crippen molar-refractivity contribution < 1.29 is 4.74 Å². The van der Waals surface area contributed by atoms with E-state index < -0.39 is 0 Å². The lowest BCUT2D eigenvalue weighted by atomic mass is 9.50. The first-order valence-corrected chi connectivity index (χ1v) is 10.7. The predicted octanol–water partition coefficient (Wildman–Crippen LogP) is 7.06. The van der Waals surface area contributed by atoms with Gasteiger partial charge in [0.2, 0.25) is 0 Å². The van der Waals surface area contributed by atoms with Gasteiger partial charge in [-0.1, -0.05) is 57.5 Å². The second-order valence-electron chi connectivity index (χ2n) is 9.06. The Bertz CT molecular complexity index is 795. The first kappa shape index (κ1) is 18.1. The topological polar surface area (TPSA) is 9.23 Å². The summed E-state index contributed by atoms with van der Waals surface area (Å²) in [7, 11) is 0. The van der Waals surface area contributed by atoms with E-state index in [1.165, 1.54) is 48.8 Å². The fourth-order valence-corrected chi connectivity index (χ4v) is 6.14. The molecule has 1 nitrogen and oxygen atoms in total. The third-order valence-electron chi connectivity index (χ3n) is 6.94. The molecule has 0 spiro atoms. The SMILES string of the molecule is CC1(C)CCC[C@@]2(C)c3cc(OCc4ccccc4)c(Br)cc3CC[C@H]12. The van der Waals surface area contributed by atoms with Crippen molar-refractivity contribution in [3.63, 3.8) is 0 Å². The first-order chi connectivity index (χ1) is 12.4. The lowest BCUT2D eigenvalue weighted by molar-refractivity contribution is 0.0405. The van der Waals surface area contributed by atoms with E-state index in [1.807, 2.05) is 6.07 Å². The van der Waals surface area contributed by atoms with Crippen molar-refractivity contribution in [3.8, 4) is 5.75 Å². The van der Waals surface area contributed by atoms with Gasteiger partial charge >= 0.3 is 0 Å². The quantitative estimate of drug-likeness (QED) is 0.524. The molecule has 0 heterocycles. The summed E-state index contributed by atoms with van der Waals surface area (Å²) in [6.45, 7) is 8.08. The first-order valence-electron chi connectivity index (χ1n) is 9.90. The third kappa shape index (κ3) is 3.11. The summed E-state index contributed by atoms with van der Waals surface area (Å²) in [6.07, 6.45) is 6.49. The van der Waals surface area contributed by atoms with E-state index in [9.17, 15) is 0 Å². The van der Waals surface area contributed by atoms with Crippen LogP contribution in [-0.4, -0.2) is 0 Å². The van der Waals surface area contributed by atoms with E-state index in [0.717, 1.165) is 16.1 Å². The van der Waals surface area contributed by atoms with Crippen LogP contribution < -0.4 is 4.74 Å². The highest BCUT2D eigenvalue weighted by atomic mass is 79.9. The van der Waals surface area contributed by atoms with Crippen molar-refractivity contribution in [3.05, 3.63) is 63.6 Å². The molecule has 2 aromatic rings. The van der Waals surface area contributed by atoms with Gasteiger partial charge in [0.1, 0.15) is 12.4 Å². The van der Waals surface area contributed by atoms with Gasteiger partial charge in [0, 0.05) is 0 Å². The fourth-order valence-electron chi connectivity index (χ4n) is 5.63. The van der Waals surface area contributed by atoms with E-state index in [-0.39, 0.29) is 5.41 Å². The number of halogens is 1. The highest BCUT2D eigenvalue weighted by Gasteiger charge is 2.49. The number of hydrogen-bond donors (Lipinski definition) is 0. The maximum atomic E-state index is 6.22. The van der Waals surface area contributed by atoms with Crippen LogP contribution in [0.3, 0.4) is 0 Å². The van der Waals surface area contributed by atoms with Crippen LogP contribution in [0.5, 0.6) is 5.75 Å². The van der Waals surface area contributed by atoms with E-state index in [4.69, 9.17) is 4.74 Å². The highest BCUT2D eigenvalue weighted by molar-refractivity contribution is 9.10. The minimum atomic E-state index is 0.279. The Hall–Kier alpha value is -1.28. The molecule has 2 heteroatoms. The zero-order chi connectivity index (χ0) is 18.4. The van der Waals surface area contributed by atoms with Gasteiger partial charge in [0.15, 0.2) is 0 Å². The zero-order valence-corrected chi connectivity index (χ0v) is 17.7. The van der Waals surface area contributed by atoms with Crippen LogP contribution in [0.1, 0.15) is 63.1 Å². The molecule has 0 radical (unpaired) electrons. The van der Waals surface area contributed by atoms with Gasteiger partial charge in [-0.2, -0.15) is 0 Å². The number of rotatable bonds is 3. The van der Waals surface area contributed by atoms with Crippen LogP contribution >= 0.6 is 15.9 Å². The molecular weight excluding hydrogens is 384 g/mol.